The molecule has 0 saturated heterocycles. The van der Waals surface area contributed by atoms with Gasteiger partial charge in [-0.1, -0.05) is 18.3 Å². The molecular weight excluding hydrogens is 120 g/mol. The topological polar surface area (TPSA) is 49.9 Å². The van der Waals surface area contributed by atoms with E-state index in [0.29, 0.717) is 18.0 Å². The molecule has 0 fully saturated rings. The van der Waals surface area contributed by atoms with Gasteiger partial charge in [-0.25, -0.2) is 0 Å². The van der Waals surface area contributed by atoms with Gasteiger partial charge in [-0.3, -0.25) is 5.41 Å². The molecule has 0 saturated carbocycles. The van der Waals surface area contributed by atoms with Crippen molar-refractivity contribution in [3.05, 3.63) is 12.0 Å². The van der Waals surface area contributed by atoms with Gasteiger partial charge in [0.15, 0.2) is 0 Å². The third kappa shape index (κ3) is 3.89. The van der Waals surface area contributed by atoms with Gasteiger partial charge in [-0.05, 0) is 12.0 Å². The maximum Gasteiger partial charge on any atom is 0.0695 e. The molecule has 8 heavy (non-hydrogen) atoms. The molecule has 0 aromatic rings. The van der Waals surface area contributed by atoms with Crippen molar-refractivity contribution < 1.29 is 0 Å². The summed E-state index contributed by atoms with van der Waals surface area (Å²) in [5.74, 6) is 0. The van der Waals surface area contributed by atoms with Crippen LogP contribution in [0.25, 0.3) is 0 Å². The quantitative estimate of drug-likeness (QED) is 0.445. The summed E-state index contributed by atoms with van der Waals surface area (Å²) in [6, 6.07) is 0. The Morgan fingerprint density at radius 3 is 2.88 bits per heavy atom. The predicted molar refractivity (Wildman–Crippen MR) is 39.2 cm³/mol. The highest BCUT2D eigenvalue weighted by atomic mass is 32.2. The summed E-state index contributed by atoms with van der Waals surface area (Å²) >= 11 is 1.32. The number of thioether (sulfide) groups is 1. The van der Waals surface area contributed by atoms with Crippen molar-refractivity contribution in [3.8, 4) is 0 Å². The first-order valence-electron chi connectivity index (χ1n) is 2.36. The molecule has 0 radical (unpaired) electrons. The number of rotatable bonds is 3. The third-order valence-corrected chi connectivity index (χ3v) is 1.25. The van der Waals surface area contributed by atoms with Gasteiger partial charge >= 0.3 is 0 Å². The van der Waals surface area contributed by atoms with E-state index in [1.165, 1.54) is 11.8 Å². The number of nitrogens with one attached hydrogen (secondary N) is 1. The summed E-state index contributed by atoms with van der Waals surface area (Å²) in [6.45, 7) is 4.02. The second kappa shape index (κ2) is 4.87. The molecule has 0 bridgehead atoms. The lowest BCUT2D eigenvalue weighted by atomic mass is 10.5. The van der Waals surface area contributed by atoms with E-state index in [4.69, 9.17) is 11.1 Å². The molecule has 0 aliphatic rings. The summed E-state index contributed by atoms with van der Waals surface area (Å²) in [4.78, 5) is 0. The summed E-state index contributed by atoms with van der Waals surface area (Å²) in [7, 11) is 0. The zero-order valence-electron chi connectivity index (χ0n) is 4.68. The summed E-state index contributed by atoms with van der Waals surface area (Å²) in [6.07, 6.45) is 0.663. The minimum Gasteiger partial charge on any atom is -0.330 e. The number of nitrogens with two attached hydrogens (primary N) is 1. The smallest absolute Gasteiger partial charge is 0.0695 e. The van der Waals surface area contributed by atoms with Gasteiger partial charge < -0.3 is 5.73 Å². The lowest BCUT2D eigenvalue weighted by Gasteiger charge is -1.92. The van der Waals surface area contributed by atoms with E-state index < -0.39 is 0 Å². The normalized spacial score (nSPS) is 8.62. The van der Waals surface area contributed by atoms with Crippen molar-refractivity contribution in [1.82, 2.24) is 0 Å². The van der Waals surface area contributed by atoms with Gasteiger partial charge in [0.05, 0.1) is 5.04 Å². The first kappa shape index (κ1) is 7.72. The van der Waals surface area contributed by atoms with Crippen LogP contribution in [-0.4, -0.2) is 11.6 Å². The fourth-order valence-electron chi connectivity index (χ4n) is 0.291. The van der Waals surface area contributed by atoms with Crippen LogP contribution in [0.3, 0.4) is 0 Å². The molecule has 3 heteroatoms. The van der Waals surface area contributed by atoms with Crippen molar-refractivity contribution in [3.63, 3.8) is 0 Å². The average Bonchev–Trinajstić information content (AvgIpc) is 1.68. The Morgan fingerprint density at radius 1 is 1.88 bits per heavy atom. The van der Waals surface area contributed by atoms with Crippen molar-refractivity contribution in [2.24, 2.45) is 5.73 Å². The minimum atomic E-state index is 0.555. The second-order valence-corrected chi connectivity index (χ2v) is 2.31. The molecule has 0 aromatic carbocycles. The van der Waals surface area contributed by atoms with Gasteiger partial charge in [-0.15, -0.1) is 0 Å². The first-order chi connectivity index (χ1) is 3.81. The lowest BCUT2D eigenvalue weighted by molar-refractivity contribution is 1.05. The van der Waals surface area contributed by atoms with Crippen LogP contribution in [-0.2, 0) is 0 Å². The molecule has 0 amide bonds. The Morgan fingerprint density at radius 2 is 2.50 bits per heavy atom. The van der Waals surface area contributed by atoms with Crippen LogP contribution in [0.15, 0.2) is 12.0 Å². The Balaban J connectivity index is 3.18. The highest BCUT2D eigenvalue weighted by Gasteiger charge is 1.89. The SMILES string of the molecule is C=CSC(=N)CCN. The van der Waals surface area contributed by atoms with Gasteiger partial charge in [0.25, 0.3) is 0 Å². The van der Waals surface area contributed by atoms with Gasteiger partial charge in [-0.2, -0.15) is 0 Å². The zero-order valence-corrected chi connectivity index (χ0v) is 5.50. The van der Waals surface area contributed by atoms with E-state index in [0.717, 1.165) is 0 Å². The molecule has 0 atom stereocenters. The van der Waals surface area contributed by atoms with E-state index >= 15 is 0 Å². The highest BCUT2D eigenvalue weighted by Crippen LogP contribution is 2.03. The summed E-state index contributed by atoms with van der Waals surface area (Å²) in [5, 5.41) is 9.32. The summed E-state index contributed by atoms with van der Waals surface area (Å²) in [5.41, 5.74) is 5.17. The molecule has 46 valence electrons. The minimum absolute atomic E-state index is 0.555. The molecule has 0 aromatic heterocycles. The van der Waals surface area contributed by atoms with E-state index in [-0.39, 0.29) is 0 Å². The summed E-state index contributed by atoms with van der Waals surface area (Å²) < 4.78 is 0. The van der Waals surface area contributed by atoms with Gasteiger partial charge in [0.1, 0.15) is 0 Å². The molecule has 0 heterocycles. The average molecular weight is 130 g/mol. The number of hydrogen-bond donors (Lipinski definition) is 2. The Labute approximate surface area is 53.7 Å². The Bertz CT molecular complexity index is 90.4. The van der Waals surface area contributed by atoms with Crippen LogP contribution in [0, 0.1) is 5.41 Å². The maximum absolute atomic E-state index is 7.10. The van der Waals surface area contributed by atoms with E-state index in [1.54, 1.807) is 5.41 Å². The van der Waals surface area contributed by atoms with E-state index in [1.807, 2.05) is 0 Å². The molecule has 0 aliphatic carbocycles. The van der Waals surface area contributed by atoms with Crippen LogP contribution in [0.1, 0.15) is 6.42 Å². The van der Waals surface area contributed by atoms with Crippen molar-refractivity contribution in [2.45, 2.75) is 6.42 Å². The number of hydrogen-bond acceptors (Lipinski definition) is 3. The highest BCUT2D eigenvalue weighted by molar-refractivity contribution is 8.16. The monoisotopic (exact) mass is 130 g/mol. The molecule has 0 spiro atoms. The molecule has 0 rings (SSSR count). The van der Waals surface area contributed by atoms with E-state index in [9.17, 15) is 0 Å². The van der Waals surface area contributed by atoms with Crippen LogP contribution in [0.2, 0.25) is 0 Å². The molecule has 2 nitrogen and oxygen atoms in total. The third-order valence-electron chi connectivity index (χ3n) is 0.597. The molecular formula is C5H10N2S. The fraction of sp³-hybridized carbons (Fsp3) is 0.400. The molecule has 3 N–H and O–H groups in total. The first-order valence-corrected chi connectivity index (χ1v) is 3.24. The van der Waals surface area contributed by atoms with Crippen molar-refractivity contribution >= 4 is 16.8 Å². The standard InChI is InChI=1S/C5H10N2S/c1-2-8-5(7)3-4-6/h2,7H,1,3-4,6H2. The Hall–Kier alpha value is -0.280. The van der Waals surface area contributed by atoms with Crippen LogP contribution >= 0.6 is 11.8 Å². The van der Waals surface area contributed by atoms with Crippen LogP contribution < -0.4 is 5.73 Å². The largest absolute Gasteiger partial charge is 0.330 e. The fourth-order valence-corrected chi connectivity index (χ4v) is 0.727. The van der Waals surface area contributed by atoms with Gasteiger partial charge in [0, 0.05) is 6.42 Å². The van der Waals surface area contributed by atoms with E-state index in [2.05, 4.69) is 6.58 Å². The van der Waals surface area contributed by atoms with Crippen molar-refractivity contribution in [2.75, 3.05) is 6.54 Å². The molecule has 0 aliphatic heterocycles. The van der Waals surface area contributed by atoms with Crippen LogP contribution in [0.4, 0.5) is 0 Å². The zero-order chi connectivity index (χ0) is 6.41. The van der Waals surface area contributed by atoms with Crippen molar-refractivity contribution in [1.29, 1.82) is 5.41 Å². The van der Waals surface area contributed by atoms with Crippen LogP contribution in [0.5, 0.6) is 0 Å². The molecule has 0 unspecified atom stereocenters. The maximum atomic E-state index is 7.10. The van der Waals surface area contributed by atoms with Gasteiger partial charge in [0.2, 0.25) is 0 Å². The predicted octanol–water partition coefficient (Wildman–Crippen LogP) is 1.19. The second-order valence-electron chi connectivity index (χ2n) is 1.25. The Kier molecular flexibility index (Phi) is 4.70. The lowest BCUT2D eigenvalue weighted by Crippen LogP contribution is -2.02.